The van der Waals surface area contributed by atoms with Crippen molar-refractivity contribution in [1.82, 2.24) is 0 Å². The Labute approximate surface area is 98.1 Å². The minimum absolute atomic E-state index is 0.0681. The van der Waals surface area contributed by atoms with Crippen LogP contribution in [0, 0.1) is 10.1 Å². The first kappa shape index (κ1) is 13.2. The average Bonchev–Trinajstić information content (AvgIpc) is 2.28. The van der Waals surface area contributed by atoms with Gasteiger partial charge in [0.15, 0.2) is 0 Å². The summed E-state index contributed by atoms with van der Waals surface area (Å²) in [5.41, 5.74) is 11.2. The van der Waals surface area contributed by atoms with Gasteiger partial charge in [0.05, 0.1) is 17.1 Å². The van der Waals surface area contributed by atoms with Crippen LogP contribution in [0.3, 0.4) is 0 Å². The molecule has 0 radical (unpaired) electrons. The molecule has 0 unspecified atom stereocenters. The van der Waals surface area contributed by atoms with Crippen LogP contribution in [0.4, 0.5) is 11.4 Å². The van der Waals surface area contributed by atoms with Crippen LogP contribution in [0.2, 0.25) is 0 Å². The lowest BCUT2D eigenvalue weighted by Gasteiger charge is -2.11. The molecule has 17 heavy (non-hydrogen) atoms. The molecular weight excluding hydrogens is 226 g/mol. The Morgan fingerprint density at radius 1 is 1.47 bits per heavy atom. The van der Waals surface area contributed by atoms with E-state index in [0.29, 0.717) is 17.7 Å². The quantitative estimate of drug-likeness (QED) is 0.367. The minimum Gasteiger partial charge on any atom is -0.491 e. The normalized spacial score (nSPS) is 10.2. The van der Waals surface area contributed by atoms with Crippen LogP contribution in [0.1, 0.15) is 5.56 Å². The largest absolute Gasteiger partial charge is 0.491 e. The van der Waals surface area contributed by atoms with Crippen molar-refractivity contribution in [3.8, 4) is 5.75 Å². The fraction of sp³-hybridized carbons (Fsp3) is 0.400. The number of nitro groups is 1. The molecule has 1 aromatic carbocycles. The Morgan fingerprint density at radius 2 is 2.18 bits per heavy atom. The SMILES string of the molecule is NCCc1c(OCCO)ccc(N)c1[N+](=O)[O-]. The molecule has 0 aliphatic rings. The molecule has 0 fully saturated rings. The second kappa shape index (κ2) is 6.02. The van der Waals surface area contributed by atoms with Gasteiger partial charge in [0.1, 0.15) is 18.0 Å². The Morgan fingerprint density at radius 3 is 2.71 bits per heavy atom. The number of nitrogen functional groups attached to an aromatic ring is 1. The first-order valence-corrected chi connectivity index (χ1v) is 5.11. The van der Waals surface area contributed by atoms with Crippen molar-refractivity contribution >= 4 is 11.4 Å². The first-order chi connectivity index (χ1) is 8.11. The number of aliphatic hydroxyl groups is 1. The number of rotatable bonds is 6. The summed E-state index contributed by atoms with van der Waals surface area (Å²) >= 11 is 0. The predicted octanol–water partition coefficient (Wildman–Crippen LogP) is 0.0493. The molecular formula is C10H15N3O4. The van der Waals surface area contributed by atoms with Gasteiger partial charge in [-0.2, -0.15) is 0 Å². The summed E-state index contributed by atoms with van der Waals surface area (Å²) in [6.07, 6.45) is 0.294. The van der Waals surface area contributed by atoms with E-state index in [1.54, 1.807) is 6.07 Å². The fourth-order valence-electron chi connectivity index (χ4n) is 1.53. The first-order valence-electron chi connectivity index (χ1n) is 5.11. The molecule has 0 saturated carbocycles. The van der Waals surface area contributed by atoms with Crippen molar-refractivity contribution in [3.05, 3.63) is 27.8 Å². The summed E-state index contributed by atoms with van der Waals surface area (Å²) in [4.78, 5) is 10.4. The van der Waals surface area contributed by atoms with Gasteiger partial charge in [0, 0.05) is 0 Å². The number of nitrogens with two attached hydrogens (primary N) is 2. The van der Waals surface area contributed by atoms with E-state index in [2.05, 4.69) is 0 Å². The molecule has 0 amide bonds. The van der Waals surface area contributed by atoms with Crippen molar-refractivity contribution in [2.24, 2.45) is 5.73 Å². The third-order valence-corrected chi connectivity index (χ3v) is 2.20. The van der Waals surface area contributed by atoms with Gasteiger partial charge < -0.3 is 21.3 Å². The third kappa shape index (κ3) is 3.05. The van der Waals surface area contributed by atoms with Gasteiger partial charge >= 0.3 is 0 Å². The molecule has 0 aliphatic heterocycles. The van der Waals surface area contributed by atoms with E-state index in [9.17, 15) is 10.1 Å². The van der Waals surface area contributed by atoms with Crippen LogP contribution in [0.25, 0.3) is 0 Å². The van der Waals surface area contributed by atoms with E-state index in [-0.39, 0.29) is 31.1 Å². The number of aliphatic hydroxyl groups excluding tert-OH is 1. The fourth-order valence-corrected chi connectivity index (χ4v) is 1.53. The highest BCUT2D eigenvalue weighted by Crippen LogP contribution is 2.34. The molecule has 0 heterocycles. The zero-order valence-electron chi connectivity index (χ0n) is 9.26. The van der Waals surface area contributed by atoms with Crippen molar-refractivity contribution in [1.29, 1.82) is 0 Å². The molecule has 7 heteroatoms. The highest BCUT2D eigenvalue weighted by molar-refractivity contribution is 5.66. The van der Waals surface area contributed by atoms with Gasteiger partial charge in [0.2, 0.25) is 0 Å². The zero-order valence-corrected chi connectivity index (χ0v) is 9.26. The van der Waals surface area contributed by atoms with Crippen molar-refractivity contribution < 1.29 is 14.8 Å². The molecule has 0 saturated heterocycles. The maximum Gasteiger partial charge on any atom is 0.299 e. The molecule has 0 aromatic heterocycles. The molecule has 0 spiro atoms. The standard InChI is InChI=1S/C10H15N3O4/c11-4-3-7-9(17-6-5-14)2-1-8(12)10(7)13(15)16/h1-2,14H,3-6,11-12H2. The average molecular weight is 241 g/mol. The molecule has 5 N–H and O–H groups in total. The van der Waals surface area contributed by atoms with Gasteiger partial charge in [-0.1, -0.05) is 0 Å². The number of nitro benzene ring substituents is 1. The number of hydrogen-bond acceptors (Lipinski definition) is 6. The van der Waals surface area contributed by atoms with Gasteiger partial charge in [-0.15, -0.1) is 0 Å². The maximum absolute atomic E-state index is 10.9. The molecule has 94 valence electrons. The highest BCUT2D eigenvalue weighted by Gasteiger charge is 2.21. The Hall–Kier alpha value is -1.86. The maximum atomic E-state index is 10.9. The van der Waals surface area contributed by atoms with Gasteiger partial charge in [-0.3, -0.25) is 10.1 Å². The summed E-state index contributed by atoms with van der Waals surface area (Å²) in [5, 5.41) is 19.6. The number of nitrogens with zero attached hydrogens (tertiary/aromatic N) is 1. The summed E-state index contributed by atoms with van der Waals surface area (Å²) in [6, 6.07) is 2.95. The summed E-state index contributed by atoms with van der Waals surface area (Å²) in [5.74, 6) is 0.338. The van der Waals surface area contributed by atoms with E-state index >= 15 is 0 Å². The predicted molar refractivity (Wildman–Crippen MR) is 62.8 cm³/mol. The molecule has 1 rings (SSSR count). The lowest BCUT2D eigenvalue weighted by atomic mass is 10.1. The summed E-state index contributed by atoms with van der Waals surface area (Å²) in [7, 11) is 0. The summed E-state index contributed by atoms with van der Waals surface area (Å²) in [6.45, 7) is 0.151. The third-order valence-electron chi connectivity index (χ3n) is 2.20. The second-order valence-corrected chi connectivity index (χ2v) is 3.35. The van der Waals surface area contributed by atoms with Gasteiger partial charge in [-0.05, 0) is 25.1 Å². The Bertz CT molecular complexity index is 409. The van der Waals surface area contributed by atoms with Crippen molar-refractivity contribution in [2.75, 3.05) is 25.5 Å². The van der Waals surface area contributed by atoms with E-state index in [0.717, 1.165) is 0 Å². The number of hydrogen-bond donors (Lipinski definition) is 3. The molecule has 0 aliphatic carbocycles. The lowest BCUT2D eigenvalue weighted by Crippen LogP contribution is -2.11. The zero-order chi connectivity index (χ0) is 12.8. The lowest BCUT2D eigenvalue weighted by molar-refractivity contribution is -0.384. The second-order valence-electron chi connectivity index (χ2n) is 3.35. The molecule has 7 nitrogen and oxygen atoms in total. The molecule has 0 atom stereocenters. The van der Waals surface area contributed by atoms with Crippen LogP contribution in [-0.2, 0) is 6.42 Å². The van der Waals surface area contributed by atoms with Gasteiger partial charge in [-0.25, -0.2) is 0 Å². The molecule has 1 aromatic rings. The minimum atomic E-state index is -0.549. The summed E-state index contributed by atoms with van der Waals surface area (Å²) < 4.78 is 5.22. The van der Waals surface area contributed by atoms with E-state index < -0.39 is 4.92 Å². The monoisotopic (exact) mass is 241 g/mol. The van der Waals surface area contributed by atoms with Crippen LogP contribution < -0.4 is 16.2 Å². The van der Waals surface area contributed by atoms with Crippen molar-refractivity contribution in [2.45, 2.75) is 6.42 Å². The van der Waals surface area contributed by atoms with E-state index in [1.807, 2.05) is 0 Å². The highest BCUT2D eigenvalue weighted by atomic mass is 16.6. The van der Waals surface area contributed by atoms with Crippen LogP contribution in [-0.4, -0.2) is 29.8 Å². The van der Waals surface area contributed by atoms with Crippen LogP contribution in [0.15, 0.2) is 12.1 Å². The number of anilines is 1. The smallest absolute Gasteiger partial charge is 0.299 e. The van der Waals surface area contributed by atoms with E-state index in [4.69, 9.17) is 21.3 Å². The Kier molecular flexibility index (Phi) is 4.68. The van der Waals surface area contributed by atoms with Crippen LogP contribution >= 0.6 is 0 Å². The molecule has 0 bridgehead atoms. The van der Waals surface area contributed by atoms with Crippen molar-refractivity contribution in [3.63, 3.8) is 0 Å². The van der Waals surface area contributed by atoms with E-state index in [1.165, 1.54) is 6.07 Å². The Balaban J connectivity index is 3.20. The number of ether oxygens (including phenoxy) is 1. The topological polar surface area (TPSA) is 125 Å². The number of benzene rings is 1. The van der Waals surface area contributed by atoms with Gasteiger partial charge in [0.25, 0.3) is 5.69 Å². The van der Waals surface area contributed by atoms with Crippen LogP contribution in [0.5, 0.6) is 5.75 Å².